The van der Waals surface area contributed by atoms with Crippen molar-refractivity contribution in [1.82, 2.24) is 9.97 Å². The van der Waals surface area contributed by atoms with E-state index in [9.17, 15) is 13.2 Å². The summed E-state index contributed by atoms with van der Waals surface area (Å²) in [5.74, 6) is 0.510. The molecule has 10 heteroatoms. The number of alkyl halides is 3. The summed E-state index contributed by atoms with van der Waals surface area (Å²) in [6.07, 6.45) is -3.45. The van der Waals surface area contributed by atoms with E-state index in [1.54, 1.807) is 0 Å². The van der Waals surface area contributed by atoms with E-state index in [1.165, 1.54) is 5.56 Å². The van der Waals surface area contributed by atoms with Gasteiger partial charge in [0, 0.05) is 18.4 Å². The molecule has 0 spiro atoms. The van der Waals surface area contributed by atoms with Gasteiger partial charge in [0.2, 0.25) is 5.95 Å². The van der Waals surface area contributed by atoms with E-state index in [0.717, 1.165) is 18.0 Å². The van der Waals surface area contributed by atoms with Gasteiger partial charge in [-0.25, -0.2) is 9.97 Å². The Hall–Kier alpha value is -2.11. The van der Waals surface area contributed by atoms with E-state index >= 15 is 0 Å². The van der Waals surface area contributed by atoms with Crippen molar-refractivity contribution in [3.05, 3.63) is 47.8 Å². The van der Waals surface area contributed by atoms with Crippen LogP contribution in [0.4, 0.5) is 24.8 Å². The summed E-state index contributed by atoms with van der Waals surface area (Å²) < 4.78 is 37.7. The average molecular weight is 494 g/mol. The Labute approximate surface area is 172 Å². The average Bonchev–Trinajstić information content (AvgIpc) is 2.58. The van der Waals surface area contributed by atoms with E-state index < -0.39 is 11.9 Å². The maximum absolute atomic E-state index is 12.6. The highest BCUT2D eigenvalue weighted by Gasteiger charge is 2.32. The Morgan fingerprint density at radius 2 is 2.00 bits per heavy atom. The monoisotopic (exact) mass is 494 g/mol. The minimum absolute atomic E-state index is 0. The summed E-state index contributed by atoms with van der Waals surface area (Å²) >= 11 is 0. The molecule has 27 heavy (non-hydrogen) atoms. The van der Waals surface area contributed by atoms with E-state index in [1.807, 2.05) is 24.3 Å². The van der Waals surface area contributed by atoms with Crippen LogP contribution in [0.15, 0.2) is 41.5 Å². The van der Waals surface area contributed by atoms with Gasteiger partial charge in [0.15, 0.2) is 5.96 Å². The Balaban J connectivity index is 0.00000364. The van der Waals surface area contributed by atoms with Crippen molar-refractivity contribution in [2.75, 3.05) is 23.7 Å². The van der Waals surface area contributed by atoms with Gasteiger partial charge >= 0.3 is 6.18 Å². The quantitative estimate of drug-likeness (QED) is 0.244. The number of benzene rings is 1. The van der Waals surface area contributed by atoms with Gasteiger partial charge in [0.1, 0.15) is 5.69 Å². The lowest BCUT2D eigenvalue weighted by Crippen LogP contribution is -2.24. The van der Waals surface area contributed by atoms with Gasteiger partial charge in [-0.2, -0.15) is 13.2 Å². The van der Waals surface area contributed by atoms with Gasteiger partial charge in [0.25, 0.3) is 0 Å². The van der Waals surface area contributed by atoms with E-state index in [0.29, 0.717) is 5.92 Å². The standard InChI is InChI=1S/C17H21F3N6.HI/c1-11(2)12-4-3-5-13(10-12)25-15(21)22-8-9-24-16-23-7-6-14(26-16)17(18,19)20;/h3-7,10-11H,8-9H2,1-2H3,(H3,21,22,25)(H,23,24,26);1H. The van der Waals surface area contributed by atoms with Crippen molar-refractivity contribution in [3.63, 3.8) is 0 Å². The van der Waals surface area contributed by atoms with Crippen LogP contribution in [0, 0.1) is 0 Å². The minimum Gasteiger partial charge on any atom is -0.370 e. The molecule has 0 aliphatic rings. The summed E-state index contributed by atoms with van der Waals surface area (Å²) in [7, 11) is 0. The molecule has 1 aromatic heterocycles. The Kier molecular flexibility index (Phi) is 8.73. The molecule has 0 unspecified atom stereocenters. The van der Waals surface area contributed by atoms with Gasteiger partial charge in [-0.15, -0.1) is 24.0 Å². The maximum Gasteiger partial charge on any atom is 0.433 e. The van der Waals surface area contributed by atoms with E-state index in [2.05, 4.69) is 39.4 Å². The van der Waals surface area contributed by atoms with Crippen molar-refractivity contribution in [2.45, 2.75) is 25.9 Å². The van der Waals surface area contributed by atoms with E-state index in [4.69, 9.17) is 5.73 Å². The Morgan fingerprint density at radius 1 is 1.26 bits per heavy atom. The number of anilines is 2. The number of aromatic nitrogens is 2. The number of nitrogens with zero attached hydrogens (tertiary/aromatic N) is 3. The summed E-state index contributed by atoms with van der Waals surface area (Å²) in [5, 5.41) is 5.67. The maximum atomic E-state index is 12.6. The van der Waals surface area contributed by atoms with Crippen LogP contribution in [0.3, 0.4) is 0 Å². The van der Waals surface area contributed by atoms with Crippen LogP contribution < -0.4 is 16.4 Å². The number of hydrogen-bond donors (Lipinski definition) is 3. The van der Waals surface area contributed by atoms with Crippen LogP contribution in [0.5, 0.6) is 0 Å². The van der Waals surface area contributed by atoms with E-state index in [-0.39, 0.29) is 49.0 Å². The SMILES string of the molecule is CC(C)c1cccc(NC(N)=NCCNc2nccc(C(F)(F)F)n2)c1.I. The van der Waals surface area contributed by atoms with Crippen LogP contribution in [-0.4, -0.2) is 29.0 Å². The van der Waals surface area contributed by atoms with Crippen LogP contribution in [-0.2, 0) is 6.18 Å². The third-order valence-electron chi connectivity index (χ3n) is 3.45. The molecule has 148 valence electrons. The molecule has 1 heterocycles. The van der Waals surface area contributed by atoms with Gasteiger partial charge in [-0.05, 0) is 29.7 Å². The third-order valence-corrected chi connectivity index (χ3v) is 3.45. The summed E-state index contributed by atoms with van der Waals surface area (Å²) in [4.78, 5) is 11.3. The lowest BCUT2D eigenvalue weighted by molar-refractivity contribution is -0.141. The second-order valence-corrected chi connectivity index (χ2v) is 5.86. The lowest BCUT2D eigenvalue weighted by Gasteiger charge is -2.10. The molecule has 0 aliphatic carbocycles. The van der Waals surface area contributed by atoms with Crippen molar-refractivity contribution in [1.29, 1.82) is 0 Å². The predicted octanol–water partition coefficient (Wildman–Crippen LogP) is 4.08. The molecule has 6 nitrogen and oxygen atoms in total. The summed E-state index contributed by atoms with van der Waals surface area (Å²) in [5.41, 5.74) is 6.83. The zero-order valence-electron chi connectivity index (χ0n) is 14.9. The number of nitrogens with two attached hydrogens (primary N) is 1. The first-order valence-corrected chi connectivity index (χ1v) is 8.06. The highest BCUT2D eigenvalue weighted by molar-refractivity contribution is 14.0. The fourth-order valence-corrected chi connectivity index (χ4v) is 2.11. The second kappa shape index (κ2) is 10.3. The smallest absolute Gasteiger partial charge is 0.370 e. The minimum atomic E-state index is -4.50. The Bertz CT molecular complexity index is 764. The van der Waals surface area contributed by atoms with Gasteiger partial charge in [-0.3, -0.25) is 4.99 Å². The largest absolute Gasteiger partial charge is 0.433 e. The van der Waals surface area contributed by atoms with Gasteiger partial charge in [0.05, 0.1) is 6.54 Å². The number of guanidine groups is 1. The molecule has 0 aliphatic heterocycles. The van der Waals surface area contributed by atoms with Crippen LogP contribution in [0.2, 0.25) is 0 Å². The first-order chi connectivity index (χ1) is 12.3. The fourth-order valence-electron chi connectivity index (χ4n) is 2.11. The molecule has 1 aromatic carbocycles. The van der Waals surface area contributed by atoms with Crippen molar-refractivity contribution >= 4 is 41.6 Å². The van der Waals surface area contributed by atoms with Crippen molar-refractivity contribution < 1.29 is 13.2 Å². The molecule has 0 radical (unpaired) electrons. The zero-order valence-corrected chi connectivity index (χ0v) is 17.2. The normalized spacial score (nSPS) is 11.9. The molecule has 2 rings (SSSR count). The first kappa shape index (κ1) is 22.9. The fraction of sp³-hybridized carbons (Fsp3) is 0.353. The molecular formula is C17H22F3IN6. The number of aliphatic imine (C=N–C) groups is 1. The molecule has 0 saturated heterocycles. The highest BCUT2D eigenvalue weighted by Crippen LogP contribution is 2.27. The topological polar surface area (TPSA) is 88.2 Å². The van der Waals surface area contributed by atoms with Gasteiger partial charge in [-0.1, -0.05) is 26.0 Å². The molecule has 0 amide bonds. The predicted molar refractivity (Wildman–Crippen MR) is 112 cm³/mol. The number of rotatable bonds is 6. The van der Waals surface area contributed by atoms with Crippen molar-refractivity contribution in [3.8, 4) is 0 Å². The molecule has 0 fully saturated rings. The van der Waals surface area contributed by atoms with Gasteiger partial charge < -0.3 is 16.4 Å². The second-order valence-electron chi connectivity index (χ2n) is 5.86. The molecule has 2 aromatic rings. The van der Waals surface area contributed by atoms with Crippen LogP contribution in [0.25, 0.3) is 0 Å². The molecule has 4 N–H and O–H groups in total. The molecule has 0 bridgehead atoms. The van der Waals surface area contributed by atoms with Crippen LogP contribution >= 0.6 is 24.0 Å². The highest BCUT2D eigenvalue weighted by atomic mass is 127. The number of halogens is 4. The number of hydrogen-bond acceptors (Lipinski definition) is 4. The Morgan fingerprint density at radius 3 is 2.67 bits per heavy atom. The third kappa shape index (κ3) is 7.57. The lowest BCUT2D eigenvalue weighted by atomic mass is 10.0. The van der Waals surface area contributed by atoms with Crippen LogP contribution in [0.1, 0.15) is 31.0 Å². The zero-order chi connectivity index (χ0) is 19.2. The molecule has 0 saturated carbocycles. The van der Waals surface area contributed by atoms with Crippen molar-refractivity contribution in [2.24, 2.45) is 10.7 Å². The summed E-state index contributed by atoms with van der Waals surface area (Å²) in [6.45, 7) is 4.69. The first-order valence-electron chi connectivity index (χ1n) is 8.06. The molecular weight excluding hydrogens is 472 g/mol. The summed E-state index contributed by atoms with van der Waals surface area (Å²) in [6, 6.07) is 8.64. The number of nitrogens with one attached hydrogen (secondary N) is 2. The molecule has 0 atom stereocenters.